The highest BCUT2D eigenvalue weighted by atomic mass is 16.1. The molecule has 0 fully saturated rings. The molecule has 0 aliphatic carbocycles. The number of aryl methyl sites for hydroxylation is 2. The van der Waals surface area contributed by atoms with E-state index in [1.807, 2.05) is 54.9 Å². The zero-order chi connectivity index (χ0) is 16.7. The number of aromatic nitrogens is 4. The summed E-state index contributed by atoms with van der Waals surface area (Å²) in [5.41, 5.74) is 4.59. The fraction of sp³-hybridized carbons (Fsp3) is 0.167. The van der Waals surface area contributed by atoms with Crippen LogP contribution in [0, 0.1) is 6.92 Å². The number of imidazole rings is 1. The van der Waals surface area contributed by atoms with Crippen LogP contribution in [0.2, 0.25) is 0 Å². The SMILES string of the molecule is Cc1nc2cc(CC(=O)Nc3ccc4cn[nH]c4c3)ccc2n1C. The molecule has 24 heavy (non-hydrogen) atoms. The topological polar surface area (TPSA) is 75.6 Å². The Hall–Kier alpha value is -3.15. The standard InChI is InChI=1S/C18H17N5O/c1-11-20-16-7-12(3-6-17(16)23(11)2)8-18(24)21-14-5-4-13-10-19-22-15(13)9-14/h3-7,9-10H,8H2,1-2H3,(H,19,22)(H,21,24). The van der Waals surface area contributed by atoms with Crippen molar-refractivity contribution in [3.05, 3.63) is 54.0 Å². The summed E-state index contributed by atoms with van der Waals surface area (Å²) in [6.45, 7) is 1.97. The van der Waals surface area contributed by atoms with Crippen molar-refractivity contribution in [2.75, 3.05) is 5.32 Å². The summed E-state index contributed by atoms with van der Waals surface area (Å²) in [7, 11) is 1.99. The van der Waals surface area contributed by atoms with E-state index in [1.165, 1.54) is 0 Å². The number of hydrogen-bond acceptors (Lipinski definition) is 3. The van der Waals surface area contributed by atoms with Crippen molar-refractivity contribution >= 4 is 33.5 Å². The fourth-order valence-corrected chi connectivity index (χ4v) is 2.88. The van der Waals surface area contributed by atoms with Crippen molar-refractivity contribution < 1.29 is 4.79 Å². The van der Waals surface area contributed by atoms with Gasteiger partial charge < -0.3 is 9.88 Å². The molecule has 2 aromatic carbocycles. The van der Waals surface area contributed by atoms with Crippen LogP contribution in [-0.2, 0) is 18.3 Å². The predicted molar refractivity (Wildman–Crippen MR) is 93.9 cm³/mol. The lowest BCUT2D eigenvalue weighted by Crippen LogP contribution is -2.14. The van der Waals surface area contributed by atoms with E-state index >= 15 is 0 Å². The summed E-state index contributed by atoms with van der Waals surface area (Å²) in [5.74, 6) is 0.903. The number of nitrogens with one attached hydrogen (secondary N) is 2. The second-order valence-electron chi connectivity index (χ2n) is 5.94. The monoisotopic (exact) mass is 319 g/mol. The van der Waals surface area contributed by atoms with Gasteiger partial charge in [-0.1, -0.05) is 6.07 Å². The molecule has 4 aromatic rings. The molecule has 2 heterocycles. The van der Waals surface area contributed by atoms with Gasteiger partial charge in [0.15, 0.2) is 0 Å². The van der Waals surface area contributed by atoms with E-state index in [4.69, 9.17) is 0 Å². The van der Waals surface area contributed by atoms with Crippen LogP contribution < -0.4 is 5.32 Å². The number of anilines is 1. The van der Waals surface area contributed by atoms with E-state index in [-0.39, 0.29) is 5.91 Å². The Labute approximate surface area is 138 Å². The zero-order valence-electron chi connectivity index (χ0n) is 13.5. The van der Waals surface area contributed by atoms with E-state index in [0.717, 1.165) is 39.0 Å². The third-order valence-electron chi connectivity index (χ3n) is 4.26. The number of amides is 1. The van der Waals surface area contributed by atoms with E-state index < -0.39 is 0 Å². The first-order valence-electron chi connectivity index (χ1n) is 7.75. The van der Waals surface area contributed by atoms with Gasteiger partial charge in [0.1, 0.15) is 5.82 Å². The summed E-state index contributed by atoms with van der Waals surface area (Å²) in [4.78, 5) is 16.8. The summed E-state index contributed by atoms with van der Waals surface area (Å²) in [6.07, 6.45) is 2.07. The van der Waals surface area contributed by atoms with Crippen molar-refractivity contribution in [1.29, 1.82) is 0 Å². The number of aromatic amines is 1. The molecule has 6 heteroatoms. The quantitative estimate of drug-likeness (QED) is 0.609. The third kappa shape index (κ3) is 2.52. The first-order chi connectivity index (χ1) is 11.6. The average molecular weight is 319 g/mol. The molecule has 0 aliphatic heterocycles. The molecule has 0 radical (unpaired) electrons. The predicted octanol–water partition coefficient (Wildman–Crippen LogP) is 2.94. The van der Waals surface area contributed by atoms with E-state index in [9.17, 15) is 4.79 Å². The summed E-state index contributed by atoms with van der Waals surface area (Å²) >= 11 is 0. The van der Waals surface area contributed by atoms with Crippen molar-refractivity contribution in [3.63, 3.8) is 0 Å². The van der Waals surface area contributed by atoms with Gasteiger partial charge in [-0.15, -0.1) is 0 Å². The van der Waals surface area contributed by atoms with Gasteiger partial charge in [0.2, 0.25) is 5.91 Å². The summed E-state index contributed by atoms with van der Waals surface area (Å²) in [5, 5.41) is 10.8. The van der Waals surface area contributed by atoms with E-state index in [1.54, 1.807) is 6.20 Å². The molecule has 2 aromatic heterocycles. The Morgan fingerprint density at radius 2 is 2.12 bits per heavy atom. The van der Waals surface area contributed by atoms with Gasteiger partial charge in [0, 0.05) is 18.1 Å². The summed E-state index contributed by atoms with van der Waals surface area (Å²) < 4.78 is 2.04. The molecule has 0 saturated heterocycles. The summed E-state index contributed by atoms with van der Waals surface area (Å²) in [6, 6.07) is 11.6. The van der Waals surface area contributed by atoms with Gasteiger partial charge in [0.05, 0.1) is 29.2 Å². The molecule has 0 atom stereocenters. The molecule has 120 valence electrons. The Bertz CT molecular complexity index is 1060. The number of nitrogens with zero attached hydrogens (tertiary/aromatic N) is 3. The maximum atomic E-state index is 12.3. The molecule has 2 N–H and O–H groups in total. The fourth-order valence-electron chi connectivity index (χ4n) is 2.88. The highest BCUT2D eigenvalue weighted by Gasteiger charge is 2.09. The Balaban J connectivity index is 1.52. The molecular weight excluding hydrogens is 302 g/mol. The van der Waals surface area contributed by atoms with Crippen LogP contribution >= 0.6 is 0 Å². The number of rotatable bonds is 3. The molecule has 0 bridgehead atoms. The van der Waals surface area contributed by atoms with Crippen LogP contribution in [0.5, 0.6) is 0 Å². The first kappa shape index (κ1) is 14.4. The molecule has 0 spiro atoms. The van der Waals surface area contributed by atoms with Gasteiger partial charge in [-0.05, 0) is 42.8 Å². The van der Waals surface area contributed by atoms with Crippen molar-refractivity contribution in [1.82, 2.24) is 19.7 Å². The molecule has 0 aliphatic rings. The van der Waals surface area contributed by atoms with Crippen LogP contribution in [0.4, 0.5) is 5.69 Å². The molecule has 4 rings (SSSR count). The number of carbonyl (C=O) groups is 1. The number of carbonyl (C=O) groups excluding carboxylic acids is 1. The highest BCUT2D eigenvalue weighted by Crippen LogP contribution is 2.19. The number of hydrogen-bond donors (Lipinski definition) is 2. The van der Waals surface area contributed by atoms with Crippen LogP contribution in [0.15, 0.2) is 42.6 Å². The van der Waals surface area contributed by atoms with Crippen LogP contribution in [0.25, 0.3) is 21.9 Å². The van der Waals surface area contributed by atoms with E-state index in [2.05, 4.69) is 20.5 Å². The largest absolute Gasteiger partial charge is 0.331 e. The minimum absolute atomic E-state index is 0.0548. The first-order valence-corrected chi connectivity index (χ1v) is 7.75. The van der Waals surface area contributed by atoms with Crippen LogP contribution in [0.1, 0.15) is 11.4 Å². The smallest absolute Gasteiger partial charge is 0.228 e. The number of benzene rings is 2. The molecular formula is C18H17N5O. The van der Waals surface area contributed by atoms with Crippen LogP contribution in [-0.4, -0.2) is 25.7 Å². The lowest BCUT2D eigenvalue weighted by molar-refractivity contribution is -0.115. The minimum atomic E-state index is -0.0548. The zero-order valence-corrected chi connectivity index (χ0v) is 13.5. The number of H-pyrrole nitrogens is 1. The van der Waals surface area contributed by atoms with Gasteiger partial charge in [0.25, 0.3) is 0 Å². The Morgan fingerprint density at radius 1 is 1.25 bits per heavy atom. The molecule has 1 amide bonds. The maximum Gasteiger partial charge on any atom is 0.228 e. The van der Waals surface area contributed by atoms with Crippen molar-refractivity contribution in [3.8, 4) is 0 Å². The number of fused-ring (bicyclic) bond motifs is 2. The van der Waals surface area contributed by atoms with Gasteiger partial charge in [-0.25, -0.2) is 4.98 Å². The Morgan fingerprint density at radius 3 is 3.00 bits per heavy atom. The van der Waals surface area contributed by atoms with Crippen LogP contribution in [0.3, 0.4) is 0 Å². The molecule has 0 saturated carbocycles. The van der Waals surface area contributed by atoms with Gasteiger partial charge >= 0.3 is 0 Å². The average Bonchev–Trinajstić information content (AvgIpc) is 3.12. The van der Waals surface area contributed by atoms with Gasteiger partial charge in [-0.2, -0.15) is 5.10 Å². The van der Waals surface area contributed by atoms with E-state index in [0.29, 0.717) is 6.42 Å². The Kier molecular flexibility index (Phi) is 3.30. The van der Waals surface area contributed by atoms with Gasteiger partial charge in [-0.3, -0.25) is 9.89 Å². The van der Waals surface area contributed by atoms with Crippen molar-refractivity contribution in [2.24, 2.45) is 7.05 Å². The third-order valence-corrected chi connectivity index (χ3v) is 4.26. The normalized spacial score (nSPS) is 11.2. The minimum Gasteiger partial charge on any atom is -0.331 e. The molecule has 6 nitrogen and oxygen atoms in total. The van der Waals surface area contributed by atoms with Crippen molar-refractivity contribution in [2.45, 2.75) is 13.3 Å². The highest BCUT2D eigenvalue weighted by molar-refractivity contribution is 5.95. The second-order valence-corrected chi connectivity index (χ2v) is 5.94. The molecule has 0 unspecified atom stereocenters. The lowest BCUT2D eigenvalue weighted by Gasteiger charge is -2.06. The lowest BCUT2D eigenvalue weighted by atomic mass is 10.1. The second kappa shape index (κ2) is 5.49. The maximum absolute atomic E-state index is 12.3.